The lowest BCUT2D eigenvalue weighted by molar-refractivity contribution is 0.104. The Kier molecular flexibility index (Phi) is 9.27. The van der Waals surface area contributed by atoms with Crippen molar-refractivity contribution in [2.75, 3.05) is 40.5 Å². The molecule has 0 aromatic heterocycles. The summed E-state index contributed by atoms with van der Waals surface area (Å²) >= 11 is 0. The number of ketones is 1. The molecule has 4 aromatic carbocycles. The molecule has 1 saturated heterocycles. The molecule has 6 heteroatoms. The fraction of sp³-hybridized carbons (Fsp3) is 0.281. The van der Waals surface area contributed by atoms with Gasteiger partial charge in [-0.05, 0) is 102 Å². The average Bonchev–Trinajstić information content (AvgIpc) is 2.96. The predicted octanol–water partition coefficient (Wildman–Crippen LogP) is 7.04. The second-order valence-corrected chi connectivity index (χ2v) is 9.41. The quantitative estimate of drug-likeness (QED) is 0.217. The van der Waals surface area contributed by atoms with Crippen molar-refractivity contribution in [3.63, 3.8) is 0 Å². The first kappa shape index (κ1) is 27.5. The van der Waals surface area contributed by atoms with Gasteiger partial charge in [0.2, 0.25) is 0 Å². The van der Waals surface area contributed by atoms with E-state index in [1.54, 1.807) is 14.2 Å². The molecule has 0 atom stereocenters. The number of ether oxygens (including phenoxy) is 3. The number of hydrogen-bond donors (Lipinski definition) is 0. The summed E-state index contributed by atoms with van der Waals surface area (Å²) in [5.74, 6) is 2.25. The Bertz CT molecular complexity index is 1380. The largest absolute Gasteiger partial charge is 0.497 e. The highest BCUT2D eigenvalue weighted by Crippen LogP contribution is 2.35. The molecule has 0 amide bonds. The minimum Gasteiger partial charge on any atom is -0.497 e. The normalized spacial score (nSPS) is 13.5. The fourth-order valence-corrected chi connectivity index (χ4v) is 5.03. The van der Waals surface area contributed by atoms with Gasteiger partial charge in [-0.1, -0.05) is 30.7 Å². The van der Waals surface area contributed by atoms with Crippen LogP contribution in [-0.2, 0) is 0 Å². The van der Waals surface area contributed by atoms with Crippen molar-refractivity contribution < 1.29 is 19.0 Å². The Labute approximate surface area is 230 Å². The van der Waals surface area contributed by atoms with Gasteiger partial charge in [-0.15, -0.1) is 12.4 Å². The van der Waals surface area contributed by atoms with Gasteiger partial charge in [0, 0.05) is 17.7 Å². The lowest BCUT2D eigenvalue weighted by Gasteiger charge is -2.26. The number of fused-ring (bicyclic) bond motifs is 1. The topological polar surface area (TPSA) is 48.0 Å². The van der Waals surface area contributed by atoms with Gasteiger partial charge in [-0.25, -0.2) is 0 Å². The summed E-state index contributed by atoms with van der Waals surface area (Å²) < 4.78 is 16.8. The van der Waals surface area contributed by atoms with E-state index in [2.05, 4.69) is 4.90 Å². The SMILES string of the molecule is COc1cccc(-c2ccc3cc(OC)ccc3c2C(=O)c2ccc(OCCN3CCCCC3)cc2)c1.Cl. The minimum atomic E-state index is -0.0338. The van der Waals surface area contributed by atoms with Crippen molar-refractivity contribution in [3.05, 3.63) is 90.0 Å². The number of hydrogen-bond acceptors (Lipinski definition) is 5. The first-order valence-corrected chi connectivity index (χ1v) is 12.9. The summed E-state index contributed by atoms with van der Waals surface area (Å²) in [6, 6.07) is 25.2. The Morgan fingerprint density at radius 3 is 2.24 bits per heavy atom. The number of likely N-dealkylation sites (tertiary alicyclic amines) is 1. The third-order valence-corrected chi connectivity index (χ3v) is 7.08. The summed E-state index contributed by atoms with van der Waals surface area (Å²) in [4.78, 5) is 16.4. The molecule has 0 aliphatic carbocycles. The van der Waals surface area contributed by atoms with Gasteiger partial charge in [-0.2, -0.15) is 0 Å². The Morgan fingerprint density at radius 2 is 1.50 bits per heavy atom. The lowest BCUT2D eigenvalue weighted by atomic mass is 9.89. The molecule has 1 aliphatic rings. The second kappa shape index (κ2) is 12.8. The Morgan fingerprint density at radius 1 is 0.789 bits per heavy atom. The zero-order chi connectivity index (χ0) is 25.6. The zero-order valence-electron chi connectivity index (χ0n) is 21.9. The van der Waals surface area contributed by atoms with Crippen LogP contribution in [0.2, 0.25) is 0 Å². The number of benzene rings is 4. The van der Waals surface area contributed by atoms with Crippen LogP contribution in [0.5, 0.6) is 17.2 Å². The molecule has 198 valence electrons. The van der Waals surface area contributed by atoms with E-state index in [9.17, 15) is 4.79 Å². The monoisotopic (exact) mass is 531 g/mol. The van der Waals surface area contributed by atoms with Gasteiger partial charge in [0.25, 0.3) is 0 Å². The van der Waals surface area contributed by atoms with Crippen LogP contribution >= 0.6 is 12.4 Å². The molecule has 0 spiro atoms. The van der Waals surface area contributed by atoms with E-state index in [0.717, 1.165) is 58.8 Å². The highest BCUT2D eigenvalue weighted by molar-refractivity contribution is 6.20. The summed E-state index contributed by atoms with van der Waals surface area (Å²) in [6.07, 6.45) is 3.88. The molecule has 1 fully saturated rings. The van der Waals surface area contributed by atoms with Crippen molar-refractivity contribution in [1.82, 2.24) is 4.90 Å². The molecule has 38 heavy (non-hydrogen) atoms. The van der Waals surface area contributed by atoms with Crippen molar-refractivity contribution >= 4 is 29.0 Å². The number of carbonyl (C=O) groups is 1. The van der Waals surface area contributed by atoms with E-state index in [4.69, 9.17) is 14.2 Å². The van der Waals surface area contributed by atoms with Gasteiger partial charge < -0.3 is 14.2 Å². The van der Waals surface area contributed by atoms with Crippen molar-refractivity contribution in [1.29, 1.82) is 0 Å². The molecular formula is C32H34ClNO4. The molecule has 0 unspecified atom stereocenters. The molecule has 0 N–H and O–H groups in total. The first-order chi connectivity index (χ1) is 18.2. The highest BCUT2D eigenvalue weighted by atomic mass is 35.5. The maximum Gasteiger partial charge on any atom is 0.194 e. The number of nitrogens with zero attached hydrogens (tertiary/aromatic N) is 1. The first-order valence-electron chi connectivity index (χ1n) is 12.9. The van der Waals surface area contributed by atoms with E-state index in [-0.39, 0.29) is 18.2 Å². The van der Waals surface area contributed by atoms with Gasteiger partial charge >= 0.3 is 0 Å². The third kappa shape index (κ3) is 6.12. The van der Waals surface area contributed by atoms with E-state index < -0.39 is 0 Å². The molecule has 5 rings (SSSR count). The van der Waals surface area contributed by atoms with Crippen LogP contribution in [0.1, 0.15) is 35.2 Å². The molecule has 4 aromatic rings. The lowest BCUT2D eigenvalue weighted by Crippen LogP contribution is -2.33. The Balaban J connectivity index is 0.00000336. The van der Waals surface area contributed by atoms with Crippen molar-refractivity contribution in [2.24, 2.45) is 0 Å². The third-order valence-electron chi connectivity index (χ3n) is 7.08. The number of carbonyl (C=O) groups excluding carboxylic acids is 1. The van der Waals surface area contributed by atoms with Crippen LogP contribution in [-0.4, -0.2) is 51.1 Å². The standard InChI is InChI=1S/C32H33NO4.ClH/c1-35-27-8-6-7-24(21-27)29-15-11-25-22-28(36-2)14-16-30(25)31(29)32(34)23-9-12-26(13-10-23)37-20-19-33-17-4-3-5-18-33;/h6-16,21-22H,3-5,17-20H2,1-2H3;1H. The number of piperidine rings is 1. The Hall–Kier alpha value is -3.54. The summed E-state index contributed by atoms with van der Waals surface area (Å²) in [6.45, 7) is 3.90. The van der Waals surface area contributed by atoms with Gasteiger partial charge in [0.1, 0.15) is 23.9 Å². The fourth-order valence-electron chi connectivity index (χ4n) is 5.03. The maximum absolute atomic E-state index is 14.0. The van der Waals surface area contributed by atoms with E-state index in [1.165, 1.54) is 19.3 Å². The summed E-state index contributed by atoms with van der Waals surface area (Å²) in [7, 11) is 3.29. The zero-order valence-corrected chi connectivity index (χ0v) is 22.8. The van der Waals surface area contributed by atoms with E-state index in [0.29, 0.717) is 17.7 Å². The number of halogens is 1. The van der Waals surface area contributed by atoms with Crippen LogP contribution in [0.15, 0.2) is 78.9 Å². The van der Waals surface area contributed by atoms with Crippen LogP contribution in [0.3, 0.4) is 0 Å². The predicted molar refractivity (Wildman–Crippen MR) is 155 cm³/mol. The molecule has 0 saturated carbocycles. The van der Waals surface area contributed by atoms with Gasteiger partial charge in [0.15, 0.2) is 5.78 Å². The van der Waals surface area contributed by atoms with Crippen LogP contribution in [0.4, 0.5) is 0 Å². The molecule has 1 heterocycles. The molecule has 0 bridgehead atoms. The summed E-state index contributed by atoms with van der Waals surface area (Å²) in [5.41, 5.74) is 3.07. The molecular weight excluding hydrogens is 498 g/mol. The smallest absolute Gasteiger partial charge is 0.194 e. The molecule has 5 nitrogen and oxygen atoms in total. The number of rotatable bonds is 9. The van der Waals surface area contributed by atoms with Gasteiger partial charge in [-0.3, -0.25) is 9.69 Å². The summed E-state index contributed by atoms with van der Waals surface area (Å²) in [5, 5.41) is 1.83. The average molecular weight is 532 g/mol. The van der Waals surface area contributed by atoms with E-state index >= 15 is 0 Å². The second-order valence-electron chi connectivity index (χ2n) is 9.41. The molecule has 0 radical (unpaired) electrons. The van der Waals surface area contributed by atoms with Crippen LogP contribution in [0.25, 0.3) is 21.9 Å². The van der Waals surface area contributed by atoms with Crippen molar-refractivity contribution in [2.45, 2.75) is 19.3 Å². The minimum absolute atomic E-state index is 0. The molecule has 1 aliphatic heterocycles. The van der Waals surface area contributed by atoms with E-state index in [1.807, 2.05) is 78.9 Å². The maximum atomic E-state index is 14.0. The van der Waals surface area contributed by atoms with Crippen molar-refractivity contribution in [3.8, 4) is 28.4 Å². The highest BCUT2D eigenvalue weighted by Gasteiger charge is 2.19. The number of methoxy groups -OCH3 is 2. The van der Waals surface area contributed by atoms with Crippen LogP contribution in [0, 0.1) is 0 Å². The van der Waals surface area contributed by atoms with Gasteiger partial charge in [0.05, 0.1) is 14.2 Å². The van der Waals surface area contributed by atoms with Crippen LogP contribution < -0.4 is 14.2 Å².